The van der Waals surface area contributed by atoms with Crippen molar-refractivity contribution in [2.75, 3.05) is 5.32 Å². The zero-order valence-corrected chi connectivity index (χ0v) is 13.9. The maximum Gasteiger partial charge on any atom is 0.225 e. The lowest BCUT2D eigenvalue weighted by Crippen LogP contribution is -2.13. The summed E-state index contributed by atoms with van der Waals surface area (Å²) in [5.41, 5.74) is 1.79. The van der Waals surface area contributed by atoms with E-state index in [9.17, 15) is 4.79 Å². The van der Waals surface area contributed by atoms with Gasteiger partial charge in [0.05, 0.1) is 5.69 Å². The van der Waals surface area contributed by atoms with E-state index in [-0.39, 0.29) is 11.3 Å². The second-order valence-electron chi connectivity index (χ2n) is 6.54. The molecule has 0 saturated heterocycles. The van der Waals surface area contributed by atoms with Crippen LogP contribution < -0.4 is 5.32 Å². The van der Waals surface area contributed by atoms with Crippen LogP contribution in [0.25, 0.3) is 0 Å². The van der Waals surface area contributed by atoms with Crippen LogP contribution >= 0.6 is 0 Å². The van der Waals surface area contributed by atoms with E-state index >= 15 is 0 Å². The average molecular weight is 301 g/mol. The average Bonchev–Trinajstić information content (AvgIpc) is 2.78. The molecule has 0 aliphatic heterocycles. The van der Waals surface area contributed by atoms with Gasteiger partial charge in [-0.05, 0) is 31.5 Å². The summed E-state index contributed by atoms with van der Waals surface area (Å²) in [4.78, 5) is 20.6. The third-order valence-corrected chi connectivity index (χ3v) is 3.30. The minimum absolute atomic E-state index is 0.0776. The Kier molecular flexibility index (Phi) is 4.64. The van der Waals surface area contributed by atoms with E-state index in [1.165, 1.54) is 0 Å². The third kappa shape index (κ3) is 4.16. The summed E-state index contributed by atoms with van der Waals surface area (Å²) in [7, 11) is 0. The van der Waals surface area contributed by atoms with Gasteiger partial charge >= 0.3 is 0 Å². The summed E-state index contributed by atoms with van der Waals surface area (Å²) in [6, 6.07) is 3.73. The molecule has 0 unspecified atom stereocenters. The van der Waals surface area contributed by atoms with Gasteiger partial charge in [0.25, 0.3) is 0 Å². The van der Waals surface area contributed by atoms with E-state index < -0.39 is 0 Å². The first-order valence-electron chi connectivity index (χ1n) is 7.45. The number of nitrogens with zero attached hydrogens (tertiary/aromatic N) is 2. The van der Waals surface area contributed by atoms with Crippen molar-refractivity contribution in [3.05, 3.63) is 41.2 Å². The second-order valence-corrected chi connectivity index (χ2v) is 6.54. The van der Waals surface area contributed by atoms with Crippen LogP contribution in [0.15, 0.2) is 22.7 Å². The van der Waals surface area contributed by atoms with E-state index in [2.05, 4.69) is 36.1 Å². The van der Waals surface area contributed by atoms with Gasteiger partial charge in [0, 0.05) is 24.5 Å². The highest BCUT2D eigenvalue weighted by Crippen LogP contribution is 2.24. The quantitative estimate of drug-likeness (QED) is 0.937. The molecule has 0 aromatic carbocycles. The number of oxazole rings is 1. The lowest BCUT2D eigenvalue weighted by molar-refractivity contribution is -0.116. The number of rotatable bonds is 4. The number of hydrogen-bond acceptors (Lipinski definition) is 4. The molecule has 5 nitrogen and oxygen atoms in total. The molecule has 0 atom stereocenters. The largest absolute Gasteiger partial charge is 0.445 e. The SMILES string of the molecule is Cc1ccnc(NC(=O)CCc2oc(C(C)(C)C)nc2C)c1. The number of carbonyl (C=O) groups is 1. The van der Waals surface area contributed by atoms with Crippen LogP contribution in [-0.2, 0) is 16.6 Å². The standard InChI is InChI=1S/C17H23N3O2/c1-11-8-9-18-14(10-11)20-15(21)7-6-13-12(2)19-16(22-13)17(3,4)5/h8-10H,6-7H2,1-5H3,(H,18,20,21). The number of nitrogens with one attached hydrogen (secondary N) is 1. The summed E-state index contributed by atoms with van der Waals surface area (Å²) < 4.78 is 5.79. The summed E-state index contributed by atoms with van der Waals surface area (Å²) in [6.45, 7) is 10.0. The van der Waals surface area contributed by atoms with Crippen molar-refractivity contribution in [3.8, 4) is 0 Å². The first kappa shape index (κ1) is 16.2. The first-order valence-corrected chi connectivity index (χ1v) is 7.45. The number of pyridine rings is 1. The summed E-state index contributed by atoms with van der Waals surface area (Å²) in [5.74, 6) is 1.99. The van der Waals surface area contributed by atoms with E-state index in [0.717, 1.165) is 17.0 Å². The second kappa shape index (κ2) is 6.30. The fraction of sp³-hybridized carbons (Fsp3) is 0.471. The fourth-order valence-electron chi connectivity index (χ4n) is 2.02. The molecule has 0 aliphatic carbocycles. The third-order valence-electron chi connectivity index (χ3n) is 3.30. The van der Waals surface area contributed by atoms with Crippen LogP contribution in [0.5, 0.6) is 0 Å². The van der Waals surface area contributed by atoms with Crippen molar-refractivity contribution < 1.29 is 9.21 Å². The maximum atomic E-state index is 12.0. The summed E-state index contributed by atoms with van der Waals surface area (Å²) in [6.07, 6.45) is 2.56. The van der Waals surface area contributed by atoms with Gasteiger partial charge in [-0.15, -0.1) is 0 Å². The fourth-order valence-corrected chi connectivity index (χ4v) is 2.02. The molecule has 2 aromatic heterocycles. The van der Waals surface area contributed by atoms with Gasteiger partial charge < -0.3 is 9.73 Å². The molecular weight excluding hydrogens is 278 g/mol. The number of amides is 1. The molecule has 0 radical (unpaired) electrons. The number of anilines is 1. The Labute approximate surface area is 131 Å². The van der Waals surface area contributed by atoms with E-state index in [0.29, 0.717) is 24.6 Å². The normalized spacial score (nSPS) is 11.5. The molecule has 1 amide bonds. The Hall–Kier alpha value is -2.17. The smallest absolute Gasteiger partial charge is 0.225 e. The van der Waals surface area contributed by atoms with Gasteiger partial charge in [0.2, 0.25) is 5.91 Å². The Bertz CT molecular complexity index is 669. The molecule has 22 heavy (non-hydrogen) atoms. The van der Waals surface area contributed by atoms with Crippen molar-refractivity contribution in [2.45, 2.75) is 52.9 Å². The molecule has 0 bridgehead atoms. The zero-order chi connectivity index (χ0) is 16.3. The molecule has 2 aromatic rings. The first-order chi connectivity index (χ1) is 10.3. The molecule has 0 aliphatic rings. The van der Waals surface area contributed by atoms with Crippen LogP contribution in [0.4, 0.5) is 5.82 Å². The predicted molar refractivity (Wildman–Crippen MR) is 85.9 cm³/mol. The van der Waals surface area contributed by atoms with E-state index in [4.69, 9.17) is 4.42 Å². The molecule has 1 N–H and O–H groups in total. The van der Waals surface area contributed by atoms with Gasteiger partial charge in [-0.2, -0.15) is 0 Å². The van der Waals surface area contributed by atoms with E-state index in [1.54, 1.807) is 6.20 Å². The number of aryl methyl sites for hydroxylation is 3. The summed E-state index contributed by atoms with van der Waals surface area (Å²) in [5, 5.41) is 2.80. The lowest BCUT2D eigenvalue weighted by atomic mass is 9.97. The number of carbonyl (C=O) groups excluding carboxylic acids is 1. The molecule has 2 rings (SSSR count). The van der Waals surface area contributed by atoms with Crippen LogP contribution in [0, 0.1) is 13.8 Å². The number of aromatic nitrogens is 2. The van der Waals surface area contributed by atoms with Crippen molar-refractivity contribution in [1.29, 1.82) is 0 Å². The molecular formula is C17H23N3O2. The Balaban J connectivity index is 1.95. The monoisotopic (exact) mass is 301 g/mol. The van der Waals surface area contributed by atoms with Crippen molar-refractivity contribution in [1.82, 2.24) is 9.97 Å². The molecule has 0 saturated carbocycles. The maximum absolute atomic E-state index is 12.0. The highest BCUT2D eigenvalue weighted by molar-refractivity contribution is 5.89. The Morgan fingerprint density at radius 1 is 1.32 bits per heavy atom. The Morgan fingerprint density at radius 3 is 2.64 bits per heavy atom. The summed E-state index contributed by atoms with van der Waals surface area (Å²) >= 11 is 0. The lowest BCUT2D eigenvalue weighted by Gasteiger charge is -2.12. The van der Waals surface area contributed by atoms with E-state index in [1.807, 2.05) is 26.0 Å². The van der Waals surface area contributed by atoms with Crippen LogP contribution in [0.1, 0.15) is 50.1 Å². The highest BCUT2D eigenvalue weighted by atomic mass is 16.4. The van der Waals surface area contributed by atoms with Gasteiger partial charge in [0.1, 0.15) is 11.6 Å². The molecule has 2 heterocycles. The molecule has 5 heteroatoms. The molecule has 0 fully saturated rings. The van der Waals surface area contributed by atoms with Gasteiger partial charge in [0.15, 0.2) is 5.89 Å². The minimum atomic E-state index is -0.128. The highest BCUT2D eigenvalue weighted by Gasteiger charge is 2.22. The van der Waals surface area contributed by atoms with Gasteiger partial charge in [-0.25, -0.2) is 9.97 Å². The van der Waals surface area contributed by atoms with Crippen LogP contribution in [0.3, 0.4) is 0 Å². The van der Waals surface area contributed by atoms with Crippen LogP contribution in [0.2, 0.25) is 0 Å². The zero-order valence-electron chi connectivity index (χ0n) is 13.9. The Morgan fingerprint density at radius 2 is 2.05 bits per heavy atom. The van der Waals surface area contributed by atoms with Gasteiger partial charge in [-0.1, -0.05) is 20.8 Å². The van der Waals surface area contributed by atoms with Crippen molar-refractivity contribution >= 4 is 11.7 Å². The van der Waals surface area contributed by atoms with Gasteiger partial charge in [-0.3, -0.25) is 4.79 Å². The van der Waals surface area contributed by atoms with Crippen molar-refractivity contribution in [3.63, 3.8) is 0 Å². The van der Waals surface area contributed by atoms with Crippen molar-refractivity contribution in [2.24, 2.45) is 0 Å². The predicted octanol–water partition coefficient (Wildman–Crippen LogP) is 3.56. The molecule has 0 spiro atoms. The molecule has 118 valence electrons. The van der Waals surface area contributed by atoms with Crippen LogP contribution in [-0.4, -0.2) is 15.9 Å². The number of hydrogen-bond donors (Lipinski definition) is 1. The minimum Gasteiger partial charge on any atom is -0.445 e. The topological polar surface area (TPSA) is 68.0 Å².